The summed E-state index contributed by atoms with van der Waals surface area (Å²) in [6, 6.07) is 29.5. The van der Waals surface area contributed by atoms with E-state index in [1.54, 1.807) is 24.3 Å². The van der Waals surface area contributed by atoms with Crippen molar-refractivity contribution < 1.29 is 29.6 Å². The van der Waals surface area contributed by atoms with Gasteiger partial charge in [-0.15, -0.1) is 0 Å². The van der Waals surface area contributed by atoms with Crippen molar-refractivity contribution in [2.24, 2.45) is 5.92 Å². The Balaban J connectivity index is 1.14. The number of phenols is 1. The van der Waals surface area contributed by atoms with Crippen molar-refractivity contribution in [1.82, 2.24) is 20.5 Å². The largest absolute Gasteiger partial charge is 0.506 e. The molecule has 0 radical (unpaired) electrons. The van der Waals surface area contributed by atoms with Gasteiger partial charge in [-0.3, -0.25) is 9.59 Å². The summed E-state index contributed by atoms with van der Waals surface area (Å²) < 4.78 is 6.06. The summed E-state index contributed by atoms with van der Waals surface area (Å²) in [6.07, 6.45) is -1.31. The second-order valence-electron chi connectivity index (χ2n) is 12.9. The molecule has 266 valence electrons. The highest BCUT2D eigenvalue weighted by molar-refractivity contribution is 5.94. The first-order valence-electron chi connectivity index (χ1n) is 17.0. The van der Waals surface area contributed by atoms with Crippen molar-refractivity contribution in [1.29, 1.82) is 0 Å². The lowest BCUT2D eigenvalue weighted by Gasteiger charge is -2.25. The van der Waals surface area contributed by atoms with Crippen LogP contribution in [0.25, 0.3) is 10.9 Å². The van der Waals surface area contributed by atoms with Crippen molar-refractivity contribution in [2.75, 3.05) is 26.2 Å². The number of hydrogen-bond donors (Lipinski definition) is 6. The van der Waals surface area contributed by atoms with Crippen LogP contribution in [0.5, 0.6) is 11.5 Å². The van der Waals surface area contributed by atoms with Crippen LogP contribution < -0.4 is 20.9 Å². The fourth-order valence-electron chi connectivity index (χ4n) is 6.01. The highest BCUT2D eigenvalue weighted by atomic mass is 16.5. The van der Waals surface area contributed by atoms with Crippen LogP contribution in [0.1, 0.15) is 65.0 Å². The molecule has 2 atom stereocenters. The molecule has 5 rings (SSSR count). The summed E-state index contributed by atoms with van der Waals surface area (Å²) in [4.78, 5) is 41.2. The zero-order chi connectivity index (χ0) is 36.3. The molecule has 0 saturated carbocycles. The highest BCUT2D eigenvalue weighted by Gasteiger charge is 2.19. The predicted molar refractivity (Wildman–Crippen MR) is 196 cm³/mol. The van der Waals surface area contributed by atoms with Gasteiger partial charge in [0.05, 0.1) is 17.7 Å². The van der Waals surface area contributed by atoms with E-state index in [1.165, 1.54) is 12.1 Å². The lowest BCUT2D eigenvalue weighted by atomic mass is 9.98. The fourth-order valence-corrected chi connectivity index (χ4v) is 6.01. The molecule has 1 heterocycles. The number of carbonyl (C=O) groups excluding carboxylic acids is 1. The number of ether oxygens (including phenoxy) is 1. The zero-order valence-corrected chi connectivity index (χ0v) is 28.7. The lowest BCUT2D eigenvalue weighted by Crippen LogP contribution is -2.36. The summed E-state index contributed by atoms with van der Waals surface area (Å²) in [6.45, 7) is 6.37. The Kier molecular flexibility index (Phi) is 12.4. The summed E-state index contributed by atoms with van der Waals surface area (Å²) in [5, 5.41) is 36.8. The van der Waals surface area contributed by atoms with E-state index in [1.807, 2.05) is 71.6 Å². The van der Waals surface area contributed by atoms with E-state index < -0.39 is 18.2 Å². The number of phenolic OH excluding ortho intramolecular Hbond substituents is 1. The van der Waals surface area contributed by atoms with Gasteiger partial charge in [0.1, 0.15) is 18.1 Å². The van der Waals surface area contributed by atoms with E-state index in [4.69, 9.17) is 4.74 Å². The number of aromatic amines is 1. The van der Waals surface area contributed by atoms with E-state index in [2.05, 4.69) is 29.5 Å². The van der Waals surface area contributed by atoms with E-state index in [0.29, 0.717) is 48.3 Å². The molecule has 6 N–H and O–H groups in total. The average molecular weight is 693 g/mol. The second kappa shape index (κ2) is 17.3. The van der Waals surface area contributed by atoms with Gasteiger partial charge in [-0.05, 0) is 77.5 Å². The first kappa shape index (κ1) is 36.6. The summed E-state index contributed by atoms with van der Waals surface area (Å²) in [5.74, 6) is 0.745. The Hall–Kier alpha value is -5.65. The number of hydrogen-bond acceptors (Lipinski definition) is 7. The number of fused-ring (bicyclic) bond motifs is 1. The average Bonchev–Trinajstić information content (AvgIpc) is 3.13. The van der Waals surface area contributed by atoms with Crippen LogP contribution in [0, 0.1) is 5.92 Å². The van der Waals surface area contributed by atoms with Crippen molar-refractivity contribution in [3.05, 3.63) is 141 Å². The summed E-state index contributed by atoms with van der Waals surface area (Å²) in [5.41, 5.74) is 3.57. The number of pyridine rings is 1. The number of carbonyl (C=O) groups is 2. The van der Waals surface area contributed by atoms with Gasteiger partial charge in [-0.1, -0.05) is 74.5 Å². The number of rotatable bonds is 16. The first-order valence-corrected chi connectivity index (χ1v) is 17.0. The molecule has 0 fully saturated rings. The molecule has 0 aliphatic carbocycles. The maximum absolute atomic E-state index is 13.5. The monoisotopic (exact) mass is 692 g/mol. The number of H-pyrrole nitrogens is 1. The van der Waals surface area contributed by atoms with Gasteiger partial charge in [0.2, 0.25) is 5.56 Å². The van der Waals surface area contributed by atoms with E-state index in [9.17, 15) is 29.7 Å². The molecule has 2 amide bonds. The molecular formula is C40H44N4O7. The standard InChI is InChI=1S/C40H44N4O7/c1-26(2)24-44(21-7-20-41-23-35(46)32-16-18-34(45)38-33(32)17-19-36(47)42-38)39(48)29-14-12-27(13-15-29)25-51-31-11-6-10-30(22-31)37(43-40(49)50)28-8-4-3-5-9-28/h3-6,8-19,22,26,35,37,41,43,45-46H,7,20-21,23-25H2,1-2H3,(H,42,47)(H,49,50)/t35-,37-/m0/s1. The number of benzene rings is 4. The predicted octanol–water partition coefficient (Wildman–Crippen LogP) is 5.98. The number of carboxylic acid groups (broad SMARTS) is 1. The van der Waals surface area contributed by atoms with Crippen molar-refractivity contribution in [3.63, 3.8) is 0 Å². The van der Waals surface area contributed by atoms with Crippen LogP contribution in [0.2, 0.25) is 0 Å². The Labute approximate surface area is 296 Å². The lowest BCUT2D eigenvalue weighted by molar-refractivity contribution is 0.0733. The van der Waals surface area contributed by atoms with Crippen molar-refractivity contribution in [3.8, 4) is 11.5 Å². The van der Waals surface area contributed by atoms with Crippen LogP contribution in [0.4, 0.5) is 4.79 Å². The number of nitrogens with one attached hydrogen (secondary N) is 3. The Morgan fingerprint density at radius 1 is 0.902 bits per heavy atom. The third kappa shape index (κ3) is 9.96. The molecule has 51 heavy (non-hydrogen) atoms. The molecule has 0 saturated heterocycles. The normalized spacial score (nSPS) is 12.4. The van der Waals surface area contributed by atoms with E-state index in [-0.39, 0.29) is 41.8 Å². The molecule has 5 aromatic rings. The smallest absolute Gasteiger partial charge is 0.405 e. The van der Waals surface area contributed by atoms with Crippen molar-refractivity contribution >= 4 is 22.9 Å². The van der Waals surface area contributed by atoms with Gasteiger partial charge in [0.25, 0.3) is 5.91 Å². The van der Waals surface area contributed by atoms with E-state index in [0.717, 1.165) is 16.7 Å². The second-order valence-corrected chi connectivity index (χ2v) is 12.9. The number of aromatic hydroxyl groups is 1. The molecule has 0 spiro atoms. The van der Waals surface area contributed by atoms with Crippen LogP contribution in [0.15, 0.2) is 108 Å². The molecule has 0 unspecified atom stereocenters. The molecule has 0 bridgehead atoms. The summed E-state index contributed by atoms with van der Waals surface area (Å²) >= 11 is 0. The van der Waals surface area contributed by atoms with Gasteiger partial charge in [0, 0.05) is 36.7 Å². The van der Waals surface area contributed by atoms with Gasteiger partial charge < -0.3 is 40.6 Å². The minimum atomic E-state index is -1.12. The van der Waals surface area contributed by atoms with E-state index >= 15 is 0 Å². The van der Waals surface area contributed by atoms with Crippen LogP contribution in [-0.4, -0.2) is 63.4 Å². The van der Waals surface area contributed by atoms with Gasteiger partial charge in [-0.2, -0.15) is 0 Å². The molecule has 0 aliphatic heterocycles. The molecule has 11 heteroatoms. The molecule has 4 aromatic carbocycles. The number of aliphatic hydroxyl groups excluding tert-OH is 1. The minimum absolute atomic E-state index is 0.0584. The fraction of sp³-hybridized carbons (Fsp3) is 0.275. The third-order valence-electron chi connectivity index (χ3n) is 8.46. The van der Waals surface area contributed by atoms with Crippen LogP contribution in [0.3, 0.4) is 0 Å². The Morgan fingerprint density at radius 3 is 2.37 bits per heavy atom. The van der Waals surface area contributed by atoms with Gasteiger partial charge >= 0.3 is 6.09 Å². The first-order chi connectivity index (χ1) is 24.6. The Morgan fingerprint density at radius 2 is 1.65 bits per heavy atom. The highest BCUT2D eigenvalue weighted by Crippen LogP contribution is 2.29. The molecule has 11 nitrogen and oxygen atoms in total. The molecule has 1 aromatic heterocycles. The van der Waals surface area contributed by atoms with Crippen LogP contribution in [-0.2, 0) is 6.61 Å². The number of aromatic nitrogens is 1. The quantitative estimate of drug-likeness (QED) is 0.0688. The SMILES string of the molecule is CC(C)CN(CCCNC[C@H](O)c1ccc(O)c2[nH]c(=O)ccc12)C(=O)c1ccc(COc2cccc([C@@H](NC(=O)O)c3ccccc3)c2)cc1. The maximum Gasteiger partial charge on any atom is 0.405 e. The van der Waals surface area contributed by atoms with Gasteiger partial charge in [0.15, 0.2) is 0 Å². The summed E-state index contributed by atoms with van der Waals surface area (Å²) in [7, 11) is 0. The topological polar surface area (TPSA) is 164 Å². The van der Waals surface area contributed by atoms with Crippen LogP contribution >= 0.6 is 0 Å². The Bertz CT molecular complexity index is 1980. The number of nitrogens with zero attached hydrogens (tertiary/aromatic N) is 1. The third-order valence-corrected chi connectivity index (χ3v) is 8.46. The van der Waals surface area contributed by atoms with Gasteiger partial charge in [-0.25, -0.2) is 4.79 Å². The van der Waals surface area contributed by atoms with Crippen molar-refractivity contribution in [2.45, 2.75) is 39.0 Å². The minimum Gasteiger partial charge on any atom is -0.506 e. The molecule has 0 aliphatic rings. The zero-order valence-electron chi connectivity index (χ0n) is 28.7. The maximum atomic E-state index is 13.5. The number of aliphatic hydroxyl groups is 1. The molecular weight excluding hydrogens is 648 g/mol. The number of amides is 2.